The molecule has 0 saturated carbocycles. The largest absolute Gasteiger partial charge is 0.494 e. The number of methoxy groups -OCH3 is 1. The number of ether oxygens (including phenoxy) is 1. The first kappa shape index (κ1) is 22.1. The molecule has 1 aliphatic rings. The summed E-state index contributed by atoms with van der Waals surface area (Å²) >= 11 is 0. The Morgan fingerprint density at radius 3 is 2.53 bits per heavy atom. The average molecular weight is 465 g/mol. The Morgan fingerprint density at radius 1 is 1.06 bits per heavy atom. The maximum atomic E-state index is 14.7. The molecular formula is C25H26F2N6O. The van der Waals surface area contributed by atoms with Crippen LogP contribution in [0, 0.1) is 17.6 Å². The van der Waals surface area contributed by atoms with Gasteiger partial charge < -0.3 is 20.7 Å². The lowest BCUT2D eigenvalue weighted by atomic mass is 9.97. The fourth-order valence-electron chi connectivity index (χ4n) is 4.41. The van der Waals surface area contributed by atoms with Crippen LogP contribution in [0.4, 0.5) is 26.0 Å². The van der Waals surface area contributed by atoms with Gasteiger partial charge in [0.15, 0.2) is 23.0 Å². The number of benzene rings is 2. The highest BCUT2D eigenvalue weighted by atomic mass is 19.2. The third-order valence-electron chi connectivity index (χ3n) is 6.41. The summed E-state index contributed by atoms with van der Waals surface area (Å²) in [7, 11) is 1.30. The molecule has 2 aromatic heterocycles. The molecule has 0 amide bonds. The van der Waals surface area contributed by atoms with Gasteiger partial charge >= 0.3 is 0 Å². The first-order valence-corrected chi connectivity index (χ1v) is 11.3. The van der Waals surface area contributed by atoms with Crippen molar-refractivity contribution in [1.82, 2.24) is 14.4 Å². The third kappa shape index (κ3) is 4.03. The van der Waals surface area contributed by atoms with Crippen LogP contribution in [0.3, 0.4) is 0 Å². The van der Waals surface area contributed by atoms with Gasteiger partial charge in [-0.2, -0.15) is 4.39 Å². The van der Waals surface area contributed by atoms with Crippen LogP contribution in [-0.2, 0) is 0 Å². The van der Waals surface area contributed by atoms with Crippen molar-refractivity contribution in [1.29, 1.82) is 0 Å². The summed E-state index contributed by atoms with van der Waals surface area (Å²) in [6.07, 6.45) is 6.99. The second kappa shape index (κ2) is 9.26. The number of hydrogen-bond acceptors (Lipinski definition) is 6. The molecule has 1 fully saturated rings. The van der Waals surface area contributed by atoms with Crippen molar-refractivity contribution >= 4 is 22.8 Å². The van der Waals surface area contributed by atoms with Crippen molar-refractivity contribution in [2.24, 2.45) is 11.7 Å². The number of nitrogens with two attached hydrogens (primary N) is 1. The number of imidazole rings is 1. The van der Waals surface area contributed by atoms with Gasteiger partial charge in [-0.15, -0.1) is 0 Å². The highest BCUT2D eigenvalue weighted by molar-refractivity contribution is 5.75. The number of fused-ring (bicyclic) bond motifs is 1. The van der Waals surface area contributed by atoms with E-state index in [-0.39, 0.29) is 11.3 Å². The number of halogens is 2. The Kier molecular flexibility index (Phi) is 6.02. The minimum Gasteiger partial charge on any atom is -0.494 e. The van der Waals surface area contributed by atoms with Gasteiger partial charge in [0.05, 0.1) is 19.0 Å². The van der Waals surface area contributed by atoms with E-state index in [1.165, 1.54) is 31.1 Å². The van der Waals surface area contributed by atoms with Gasteiger partial charge in [-0.25, -0.2) is 14.4 Å². The highest BCUT2D eigenvalue weighted by Gasteiger charge is 2.20. The quantitative estimate of drug-likeness (QED) is 0.434. The van der Waals surface area contributed by atoms with E-state index in [0.717, 1.165) is 38.2 Å². The van der Waals surface area contributed by atoms with Crippen LogP contribution in [0.5, 0.6) is 5.75 Å². The van der Waals surface area contributed by atoms with E-state index in [1.807, 2.05) is 12.1 Å². The van der Waals surface area contributed by atoms with Gasteiger partial charge in [0.1, 0.15) is 0 Å². The molecule has 9 heteroatoms. The minimum atomic E-state index is -1.03. The van der Waals surface area contributed by atoms with E-state index in [9.17, 15) is 8.78 Å². The van der Waals surface area contributed by atoms with Crippen LogP contribution in [0.15, 0.2) is 55.0 Å². The fraction of sp³-hybridized carbons (Fsp3) is 0.280. The summed E-state index contributed by atoms with van der Waals surface area (Å²) in [4.78, 5) is 11.2. The molecule has 0 unspecified atom stereocenters. The van der Waals surface area contributed by atoms with Gasteiger partial charge in [0.25, 0.3) is 0 Å². The van der Waals surface area contributed by atoms with Crippen LogP contribution in [-0.4, -0.2) is 41.1 Å². The van der Waals surface area contributed by atoms with Crippen molar-refractivity contribution in [3.05, 3.63) is 66.6 Å². The van der Waals surface area contributed by atoms with Crippen molar-refractivity contribution in [2.75, 3.05) is 37.0 Å². The van der Waals surface area contributed by atoms with Crippen LogP contribution >= 0.6 is 0 Å². The second-order valence-electron chi connectivity index (χ2n) is 8.39. The zero-order valence-electron chi connectivity index (χ0n) is 18.8. The highest BCUT2D eigenvalue weighted by Crippen LogP contribution is 2.32. The second-order valence-corrected chi connectivity index (χ2v) is 8.39. The number of anilines is 3. The summed E-state index contributed by atoms with van der Waals surface area (Å²) in [6.45, 7) is 2.77. The minimum absolute atomic E-state index is 0.0886. The molecule has 0 atom stereocenters. The summed E-state index contributed by atoms with van der Waals surface area (Å²) in [5, 5.41) is 3.28. The van der Waals surface area contributed by atoms with E-state index in [2.05, 4.69) is 32.3 Å². The lowest BCUT2D eigenvalue weighted by Crippen LogP contribution is -2.35. The Hall–Kier alpha value is -3.72. The van der Waals surface area contributed by atoms with Crippen molar-refractivity contribution in [3.8, 4) is 17.0 Å². The predicted molar refractivity (Wildman–Crippen MR) is 129 cm³/mol. The first-order chi connectivity index (χ1) is 16.6. The molecule has 4 aromatic rings. The molecule has 1 saturated heterocycles. The average Bonchev–Trinajstić information content (AvgIpc) is 3.31. The molecule has 34 heavy (non-hydrogen) atoms. The third-order valence-corrected chi connectivity index (χ3v) is 6.41. The summed E-state index contributed by atoms with van der Waals surface area (Å²) in [5.41, 5.74) is 8.83. The van der Waals surface area contributed by atoms with E-state index in [0.29, 0.717) is 23.1 Å². The Labute approximate surface area is 196 Å². The number of piperidine rings is 1. The first-order valence-electron chi connectivity index (χ1n) is 11.3. The molecule has 0 radical (unpaired) electrons. The van der Waals surface area contributed by atoms with Gasteiger partial charge in [-0.05, 0) is 61.7 Å². The lowest BCUT2D eigenvalue weighted by molar-refractivity contribution is 0.372. The van der Waals surface area contributed by atoms with Crippen LogP contribution in [0.1, 0.15) is 12.8 Å². The monoisotopic (exact) mass is 464 g/mol. The molecule has 3 N–H and O–H groups in total. The zero-order valence-corrected chi connectivity index (χ0v) is 18.8. The van der Waals surface area contributed by atoms with Gasteiger partial charge in [0, 0.05) is 42.4 Å². The molecular weight excluding hydrogens is 438 g/mol. The maximum Gasteiger partial charge on any atom is 0.201 e. The van der Waals surface area contributed by atoms with E-state index < -0.39 is 11.6 Å². The number of rotatable bonds is 6. The SMILES string of the molecule is COc1ccc(-c2cnc3c(Nc4ccc(N5CCC(CN)CC5)cc4)nccn23)c(F)c1F. The zero-order chi connectivity index (χ0) is 23.7. The summed E-state index contributed by atoms with van der Waals surface area (Å²) in [5.74, 6) is -1.04. The Bertz CT molecular complexity index is 1300. The fourth-order valence-corrected chi connectivity index (χ4v) is 4.41. The van der Waals surface area contributed by atoms with Crippen molar-refractivity contribution < 1.29 is 13.5 Å². The van der Waals surface area contributed by atoms with E-state index in [4.69, 9.17) is 10.5 Å². The maximum absolute atomic E-state index is 14.7. The molecule has 5 rings (SSSR count). The van der Waals surface area contributed by atoms with Crippen molar-refractivity contribution in [2.45, 2.75) is 12.8 Å². The molecule has 0 spiro atoms. The van der Waals surface area contributed by atoms with Gasteiger partial charge in [-0.1, -0.05) is 0 Å². The molecule has 0 aliphatic carbocycles. The number of nitrogens with zero attached hydrogens (tertiary/aromatic N) is 4. The molecule has 3 heterocycles. The molecule has 1 aliphatic heterocycles. The predicted octanol–water partition coefficient (Wildman–Crippen LogP) is 4.60. The lowest BCUT2D eigenvalue weighted by Gasteiger charge is -2.33. The van der Waals surface area contributed by atoms with Crippen molar-refractivity contribution in [3.63, 3.8) is 0 Å². The van der Waals surface area contributed by atoms with Gasteiger partial charge in [0.2, 0.25) is 5.82 Å². The standard InChI is InChI=1S/C25H26F2N6O/c1-34-21-7-6-19(22(26)23(21)27)20-15-30-25-24(29-10-13-33(20)25)31-17-2-4-18(5-3-17)32-11-8-16(14-28)9-12-32/h2-7,10,13,15-16H,8-9,11-12,14,28H2,1H3,(H,29,31). The smallest absolute Gasteiger partial charge is 0.201 e. The summed E-state index contributed by atoms with van der Waals surface area (Å²) < 4.78 is 35.5. The molecule has 0 bridgehead atoms. The van der Waals surface area contributed by atoms with Gasteiger partial charge in [-0.3, -0.25) is 4.40 Å². The number of hydrogen-bond donors (Lipinski definition) is 2. The Balaban J connectivity index is 1.39. The molecule has 176 valence electrons. The van der Waals surface area contributed by atoms with E-state index >= 15 is 0 Å². The van der Waals surface area contributed by atoms with Crippen LogP contribution in [0.25, 0.3) is 16.9 Å². The molecule has 7 nitrogen and oxygen atoms in total. The number of aromatic nitrogens is 3. The topological polar surface area (TPSA) is 80.7 Å². The Morgan fingerprint density at radius 2 is 1.82 bits per heavy atom. The van der Waals surface area contributed by atoms with Crippen LogP contribution in [0.2, 0.25) is 0 Å². The van der Waals surface area contributed by atoms with Crippen LogP contribution < -0.4 is 20.7 Å². The molecule has 2 aromatic carbocycles. The van der Waals surface area contributed by atoms with E-state index in [1.54, 1.807) is 16.8 Å². The summed E-state index contributed by atoms with van der Waals surface area (Å²) in [6, 6.07) is 11.0. The number of nitrogens with one attached hydrogen (secondary N) is 1. The normalized spacial score (nSPS) is 14.5.